The second-order valence-corrected chi connectivity index (χ2v) is 5.21. The number of rotatable bonds is 6. The highest BCUT2D eigenvalue weighted by molar-refractivity contribution is 5.98. The summed E-state index contributed by atoms with van der Waals surface area (Å²) >= 11 is 0. The highest BCUT2D eigenvalue weighted by Gasteiger charge is 2.08. The van der Waals surface area contributed by atoms with Gasteiger partial charge in [-0.2, -0.15) is 0 Å². The van der Waals surface area contributed by atoms with E-state index in [1.165, 1.54) is 0 Å². The van der Waals surface area contributed by atoms with Crippen molar-refractivity contribution in [3.63, 3.8) is 0 Å². The van der Waals surface area contributed by atoms with Crippen LogP contribution in [0.25, 0.3) is 0 Å². The Labute approximate surface area is 139 Å². The predicted octanol–water partition coefficient (Wildman–Crippen LogP) is 1.91. The average molecular weight is 325 g/mol. The molecule has 0 aliphatic heterocycles. The third kappa shape index (κ3) is 5.13. The summed E-state index contributed by atoms with van der Waals surface area (Å²) in [5.74, 6) is -0.549. The smallest absolute Gasteiger partial charge is 0.224 e. The molecule has 124 valence electrons. The molecule has 2 aromatic rings. The number of amidine groups is 1. The summed E-state index contributed by atoms with van der Waals surface area (Å²) in [4.78, 5) is 23.7. The van der Waals surface area contributed by atoms with Gasteiger partial charge >= 0.3 is 0 Å². The van der Waals surface area contributed by atoms with Gasteiger partial charge in [0.1, 0.15) is 5.84 Å². The van der Waals surface area contributed by atoms with Crippen LogP contribution < -0.4 is 22.1 Å². The molecule has 0 bridgehead atoms. The molecule has 0 radical (unpaired) electrons. The Hall–Kier alpha value is -3.35. The Morgan fingerprint density at radius 3 is 1.67 bits per heavy atom. The highest BCUT2D eigenvalue weighted by Crippen LogP contribution is 2.12. The van der Waals surface area contributed by atoms with Crippen molar-refractivity contribution in [2.24, 2.45) is 5.73 Å². The molecule has 0 saturated carbocycles. The van der Waals surface area contributed by atoms with E-state index in [1.807, 2.05) is 0 Å². The summed E-state index contributed by atoms with van der Waals surface area (Å²) < 4.78 is 0. The van der Waals surface area contributed by atoms with E-state index in [0.29, 0.717) is 22.6 Å². The zero-order valence-corrected chi connectivity index (χ0v) is 13.0. The van der Waals surface area contributed by atoms with E-state index in [2.05, 4.69) is 10.6 Å². The van der Waals surface area contributed by atoms with Crippen molar-refractivity contribution in [2.45, 2.75) is 12.8 Å². The van der Waals surface area contributed by atoms with Gasteiger partial charge in [0.25, 0.3) is 0 Å². The van der Waals surface area contributed by atoms with Gasteiger partial charge in [0.2, 0.25) is 11.8 Å². The van der Waals surface area contributed by atoms with Crippen molar-refractivity contribution < 1.29 is 9.59 Å². The maximum atomic E-state index is 11.9. The molecule has 0 unspecified atom stereocenters. The van der Waals surface area contributed by atoms with Crippen LogP contribution in [0.1, 0.15) is 18.4 Å². The van der Waals surface area contributed by atoms with Gasteiger partial charge in [0, 0.05) is 35.5 Å². The minimum atomic E-state index is -0.266. The summed E-state index contributed by atoms with van der Waals surface area (Å²) in [6.07, 6.45) is 0.136. The second kappa shape index (κ2) is 7.77. The molecule has 7 N–H and O–H groups in total. The van der Waals surface area contributed by atoms with Crippen LogP contribution in [0.15, 0.2) is 48.5 Å². The quantitative estimate of drug-likeness (QED) is 0.315. The van der Waals surface area contributed by atoms with E-state index < -0.39 is 0 Å². The first-order valence-electron chi connectivity index (χ1n) is 7.34. The maximum absolute atomic E-state index is 11.9. The van der Waals surface area contributed by atoms with Gasteiger partial charge in [-0.1, -0.05) is 0 Å². The molecule has 0 aliphatic rings. The molecule has 0 saturated heterocycles. The lowest BCUT2D eigenvalue weighted by Gasteiger charge is -2.07. The fraction of sp³-hybridized carbons (Fsp3) is 0.118. The lowest BCUT2D eigenvalue weighted by atomic mass is 10.2. The van der Waals surface area contributed by atoms with Gasteiger partial charge in [-0.25, -0.2) is 0 Å². The monoisotopic (exact) mass is 325 g/mol. The van der Waals surface area contributed by atoms with Crippen LogP contribution in [-0.2, 0) is 9.59 Å². The summed E-state index contributed by atoms with van der Waals surface area (Å²) in [6.45, 7) is 0. The zero-order valence-electron chi connectivity index (χ0n) is 13.0. The van der Waals surface area contributed by atoms with E-state index in [4.69, 9.17) is 16.9 Å². The van der Waals surface area contributed by atoms with Crippen LogP contribution in [0.4, 0.5) is 17.1 Å². The first-order valence-corrected chi connectivity index (χ1v) is 7.34. The van der Waals surface area contributed by atoms with E-state index in [9.17, 15) is 9.59 Å². The molecule has 0 aromatic heterocycles. The molecule has 7 nitrogen and oxygen atoms in total. The number of nitrogen functional groups attached to an aromatic ring is 2. The van der Waals surface area contributed by atoms with Crippen molar-refractivity contribution >= 4 is 34.7 Å². The number of benzene rings is 2. The van der Waals surface area contributed by atoms with Crippen molar-refractivity contribution in [3.05, 3.63) is 54.1 Å². The molecular formula is C17H19N5O2. The molecule has 2 aromatic carbocycles. The Kier molecular flexibility index (Phi) is 5.51. The summed E-state index contributed by atoms with van der Waals surface area (Å²) in [7, 11) is 0. The summed E-state index contributed by atoms with van der Waals surface area (Å²) in [5, 5.41) is 12.7. The van der Waals surface area contributed by atoms with E-state index in [1.54, 1.807) is 48.5 Å². The van der Waals surface area contributed by atoms with Gasteiger partial charge in [-0.3, -0.25) is 15.0 Å². The number of anilines is 3. The molecule has 24 heavy (non-hydrogen) atoms. The highest BCUT2D eigenvalue weighted by atomic mass is 16.2. The van der Waals surface area contributed by atoms with Gasteiger partial charge in [-0.15, -0.1) is 0 Å². The topological polar surface area (TPSA) is 134 Å². The van der Waals surface area contributed by atoms with Crippen LogP contribution in [0.3, 0.4) is 0 Å². The minimum absolute atomic E-state index is 0.0350. The van der Waals surface area contributed by atoms with Crippen LogP contribution in [-0.4, -0.2) is 17.6 Å². The number of hydrogen-bond acceptors (Lipinski definition) is 4. The van der Waals surface area contributed by atoms with Crippen LogP contribution >= 0.6 is 0 Å². The number of carbonyl (C=O) groups excluding carboxylic acids is 2. The number of amides is 2. The molecule has 0 aliphatic carbocycles. The summed E-state index contributed by atoms with van der Waals surface area (Å²) in [5.41, 5.74) is 13.3. The van der Waals surface area contributed by atoms with Crippen molar-refractivity contribution in [3.8, 4) is 0 Å². The Balaban J connectivity index is 1.78. The SMILES string of the molecule is N=C(N)c1ccc(NC(=O)CCC(=O)Nc2ccc(N)cc2)cc1. The Bertz CT molecular complexity index is 739. The second-order valence-electron chi connectivity index (χ2n) is 5.21. The fourth-order valence-corrected chi connectivity index (χ4v) is 1.97. The number of nitrogens with two attached hydrogens (primary N) is 2. The fourth-order valence-electron chi connectivity index (χ4n) is 1.97. The Morgan fingerprint density at radius 2 is 1.25 bits per heavy atom. The van der Waals surface area contributed by atoms with E-state index in [0.717, 1.165) is 0 Å². The molecule has 2 amide bonds. The largest absolute Gasteiger partial charge is 0.399 e. The average Bonchev–Trinajstić information content (AvgIpc) is 2.55. The zero-order chi connectivity index (χ0) is 17.5. The lowest BCUT2D eigenvalue weighted by molar-refractivity contribution is -0.121. The van der Waals surface area contributed by atoms with E-state index in [-0.39, 0.29) is 30.5 Å². The molecule has 7 heteroatoms. The van der Waals surface area contributed by atoms with Gasteiger partial charge in [0.05, 0.1) is 0 Å². The molecule has 0 atom stereocenters. The first-order chi connectivity index (χ1) is 11.4. The van der Waals surface area contributed by atoms with Crippen molar-refractivity contribution in [1.29, 1.82) is 5.41 Å². The predicted molar refractivity (Wildman–Crippen MR) is 94.8 cm³/mol. The minimum Gasteiger partial charge on any atom is -0.399 e. The molecule has 0 heterocycles. The van der Waals surface area contributed by atoms with Crippen LogP contribution in [0.2, 0.25) is 0 Å². The Morgan fingerprint density at radius 1 is 0.833 bits per heavy atom. The standard InChI is InChI=1S/C17H19N5O2/c18-12-3-7-14(8-4-12)22-16(24)10-9-15(23)21-13-5-1-11(2-6-13)17(19)20/h1-8H,9-10,18H2,(H3,19,20)(H,21,23)(H,22,24). The summed E-state index contributed by atoms with van der Waals surface area (Å²) in [6, 6.07) is 13.4. The maximum Gasteiger partial charge on any atom is 0.224 e. The van der Waals surface area contributed by atoms with Crippen molar-refractivity contribution in [2.75, 3.05) is 16.4 Å². The molecular weight excluding hydrogens is 306 g/mol. The molecule has 0 fully saturated rings. The normalized spacial score (nSPS) is 10.0. The molecule has 0 spiro atoms. The van der Waals surface area contributed by atoms with Crippen molar-refractivity contribution in [1.82, 2.24) is 0 Å². The van der Waals surface area contributed by atoms with E-state index >= 15 is 0 Å². The first kappa shape index (κ1) is 17.0. The van der Waals surface area contributed by atoms with Crippen LogP contribution in [0.5, 0.6) is 0 Å². The third-order valence-corrected chi connectivity index (χ3v) is 3.25. The molecule has 2 rings (SSSR count). The van der Waals surface area contributed by atoms with Gasteiger partial charge < -0.3 is 22.1 Å². The number of carbonyl (C=O) groups is 2. The van der Waals surface area contributed by atoms with Crippen LogP contribution in [0, 0.1) is 5.41 Å². The van der Waals surface area contributed by atoms with Gasteiger partial charge in [-0.05, 0) is 48.5 Å². The number of nitrogens with one attached hydrogen (secondary N) is 3. The van der Waals surface area contributed by atoms with Gasteiger partial charge in [0.15, 0.2) is 0 Å². The number of hydrogen-bond donors (Lipinski definition) is 5. The lowest BCUT2D eigenvalue weighted by Crippen LogP contribution is -2.17. The third-order valence-electron chi connectivity index (χ3n) is 3.25.